The van der Waals surface area contributed by atoms with Crippen LogP contribution in [0.1, 0.15) is 44.4 Å². The molecule has 20 heavy (non-hydrogen) atoms. The van der Waals surface area contributed by atoms with Crippen LogP contribution >= 0.6 is 11.3 Å². The van der Waals surface area contributed by atoms with Crippen LogP contribution in [0.5, 0.6) is 0 Å². The summed E-state index contributed by atoms with van der Waals surface area (Å²) in [6.45, 7) is 6.42. The zero-order valence-corrected chi connectivity index (χ0v) is 13.9. The third-order valence-electron chi connectivity index (χ3n) is 3.83. The lowest BCUT2D eigenvalue weighted by molar-refractivity contribution is 0.246. The van der Waals surface area contributed by atoms with Crippen molar-refractivity contribution in [2.24, 2.45) is 0 Å². The molecule has 0 radical (unpaired) electrons. The van der Waals surface area contributed by atoms with Gasteiger partial charge in [-0.05, 0) is 31.9 Å². The molecular formula is C14H24N2O2S2. The third-order valence-corrected chi connectivity index (χ3v) is 6.85. The van der Waals surface area contributed by atoms with Gasteiger partial charge >= 0.3 is 0 Å². The summed E-state index contributed by atoms with van der Waals surface area (Å²) in [7, 11) is -3.31. The van der Waals surface area contributed by atoms with Crippen molar-refractivity contribution in [3.63, 3.8) is 0 Å². The first kappa shape index (κ1) is 15.9. The molecule has 1 aliphatic heterocycles. The Labute approximate surface area is 126 Å². The highest BCUT2D eigenvalue weighted by Crippen LogP contribution is 2.29. The Morgan fingerprint density at radius 1 is 1.40 bits per heavy atom. The molecule has 0 aromatic carbocycles. The van der Waals surface area contributed by atoms with Crippen LogP contribution in [-0.2, 0) is 16.6 Å². The van der Waals surface area contributed by atoms with Gasteiger partial charge in [-0.15, -0.1) is 11.3 Å². The second-order valence-electron chi connectivity index (χ2n) is 5.20. The standard InChI is InChI=1S/C14H24N2O2S2/c1-3-12-7-5-6-8-16(12)20(17,18)14-9-13(19-11-14)10-15-4-2/h9,11-12,15H,3-8,10H2,1-2H3. The number of hydrogen-bond acceptors (Lipinski definition) is 4. The molecule has 1 N–H and O–H groups in total. The van der Waals surface area contributed by atoms with Gasteiger partial charge in [0, 0.05) is 29.4 Å². The summed E-state index contributed by atoms with van der Waals surface area (Å²) in [6.07, 6.45) is 4.00. The minimum Gasteiger partial charge on any atom is -0.312 e. The average molecular weight is 316 g/mol. The van der Waals surface area contributed by atoms with Crippen molar-refractivity contribution >= 4 is 21.4 Å². The van der Waals surface area contributed by atoms with E-state index in [0.29, 0.717) is 11.4 Å². The minimum absolute atomic E-state index is 0.172. The molecule has 1 fully saturated rings. The summed E-state index contributed by atoms with van der Waals surface area (Å²) in [5.41, 5.74) is 0. The Morgan fingerprint density at radius 3 is 2.90 bits per heavy atom. The maximum atomic E-state index is 12.8. The summed E-state index contributed by atoms with van der Waals surface area (Å²) in [5.74, 6) is 0. The van der Waals surface area contributed by atoms with Gasteiger partial charge in [-0.1, -0.05) is 20.3 Å². The number of nitrogens with zero attached hydrogens (tertiary/aromatic N) is 1. The first-order chi connectivity index (χ1) is 9.59. The van der Waals surface area contributed by atoms with E-state index in [1.165, 1.54) is 11.3 Å². The number of thiophene rings is 1. The van der Waals surface area contributed by atoms with E-state index in [2.05, 4.69) is 12.2 Å². The van der Waals surface area contributed by atoms with Gasteiger partial charge in [0.1, 0.15) is 0 Å². The van der Waals surface area contributed by atoms with Crippen molar-refractivity contribution in [1.29, 1.82) is 0 Å². The van der Waals surface area contributed by atoms with Crippen molar-refractivity contribution in [3.8, 4) is 0 Å². The second kappa shape index (κ2) is 7.02. The van der Waals surface area contributed by atoms with Gasteiger partial charge in [-0.3, -0.25) is 0 Å². The smallest absolute Gasteiger partial charge is 0.244 e. The lowest BCUT2D eigenvalue weighted by atomic mass is 10.0. The summed E-state index contributed by atoms with van der Waals surface area (Å²) in [5, 5.41) is 5.01. The van der Waals surface area contributed by atoms with Gasteiger partial charge in [0.25, 0.3) is 0 Å². The summed E-state index contributed by atoms with van der Waals surface area (Å²) in [6, 6.07) is 2.00. The van der Waals surface area contributed by atoms with Crippen LogP contribution < -0.4 is 5.32 Å². The van der Waals surface area contributed by atoms with E-state index in [0.717, 1.165) is 43.6 Å². The molecule has 4 nitrogen and oxygen atoms in total. The summed E-state index contributed by atoms with van der Waals surface area (Å²) < 4.78 is 27.2. The van der Waals surface area contributed by atoms with Crippen LogP contribution in [0.3, 0.4) is 0 Å². The van der Waals surface area contributed by atoms with E-state index in [9.17, 15) is 8.42 Å². The van der Waals surface area contributed by atoms with E-state index in [1.807, 2.05) is 13.0 Å². The molecule has 0 amide bonds. The number of piperidine rings is 1. The van der Waals surface area contributed by atoms with Crippen LogP contribution in [0, 0.1) is 0 Å². The van der Waals surface area contributed by atoms with E-state index in [-0.39, 0.29) is 6.04 Å². The fourth-order valence-corrected chi connectivity index (χ4v) is 5.67. The Bertz CT molecular complexity index is 525. The molecule has 1 aromatic heterocycles. The van der Waals surface area contributed by atoms with E-state index >= 15 is 0 Å². The molecule has 114 valence electrons. The number of sulfonamides is 1. The predicted octanol–water partition coefficient (Wildman–Crippen LogP) is 2.81. The lowest BCUT2D eigenvalue weighted by Crippen LogP contribution is -2.43. The van der Waals surface area contributed by atoms with Gasteiger partial charge in [-0.2, -0.15) is 4.31 Å². The van der Waals surface area contributed by atoms with Crippen molar-refractivity contribution in [1.82, 2.24) is 9.62 Å². The van der Waals surface area contributed by atoms with Gasteiger partial charge in [-0.25, -0.2) is 8.42 Å². The molecule has 2 heterocycles. The van der Waals surface area contributed by atoms with Crippen LogP contribution in [0.25, 0.3) is 0 Å². The van der Waals surface area contributed by atoms with Crippen molar-refractivity contribution < 1.29 is 8.42 Å². The van der Waals surface area contributed by atoms with Crippen molar-refractivity contribution in [2.45, 2.75) is 57.0 Å². The largest absolute Gasteiger partial charge is 0.312 e. The van der Waals surface area contributed by atoms with Gasteiger partial charge in [0.2, 0.25) is 10.0 Å². The van der Waals surface area contributed by atoms with Gasteiger partial charge < -0.3 is 5.32 Å². The fraction of sp³-hybridized carbons (Fsp3) is 0.714. The predicted molar refractivity (Wildman–Crippen MR) is 83.5 cm³/mol. The first-order valence-corrected chi connectivity index (χ1v) is 9.71. The Kier molecular flexibility index (Phi) is 5.60. The molecule has 6 heteroatoms. The quantitative estimate of drug-likeness (QED) is 0.878. The van der Waals surface area contributed by atoms with Gasteiger partial charge in [0.05, 0.1) is 4.90 Å². The maximum absolute atomic E-state index is 12.8. The van der Waals surface area contributed by atoms with Gasteiger partial charge in [0.15, 0.2) is 0 Å². The third kappa shape index (κ3) is 3.42. The Hall–Kier alpha value is -0.430. The average Bonchev–Trinajstić information content (AvgIpc) is 2.94. The monoisotopic (exact) mass is 316 g/mol. The zero-order valence-electron chi connectivity index (χ0n) is 12.3. The molecule has 1 aliphatic rings. The number of rotatable bonds is 6. The highest BCUT2D eigenvalue weighted by molar-refractivity contribution is 7.89. The molecule has 0 spiro atoms. The SMILES string of the molecule is CCNCc1cc(S(=O)(=O)N2CCCCC2CC)cs1. The molecule has 0 saturated carbocycles. The van der Waals surface area contributed by atoms with Crippen molar-refractivity contribution in [3.05, 3.63) is 16.3 Å². The van der Waals surface area contributed by atoms with Crippen LogP contribution in [0.4, 0.5) is 0 Å². The summed E-state index contributed by atoms with van der Waals surface area (Å²) >= 11 is 1.52. The molecule has 0 bridgehead atoms. The highest BCUT2D eigenvalue weighted by atomic mass is 32.2. The highest BCUT2D eigenvalue weighted by Gasteiger charge is 2.32. The number of hydrogen-bond donors (Lipinski definition) is 1. The molecule has 0 aliphatic carbocycles. The second-order valence-corrected chi connectivity index (χ2v) is 8.09. The van der Waals surface area contributed by atoms with E-state index in [1.54, 1.807) is 9.69 Å². The van der Waals surface area contributed by atoms with E-state index < -0.39 is 10.0 Å². The molecular weight excluding hydrogens is 292 g/mol. The Morgan fingerprint density at radius 2 is 2.20 bits per heavy atom. The van der Waals surface area contributed by atoms with Crippen molar-refractivity contribution in [2.75, 3.05) is 13.1 Å². The molecule has 1 unspecified atom stereocenters. The Balaban J connectivity index is 2.18. The van der Waals surface area contributed by atoms with Crippen LogP contribution in [0.15, 0.2) is 16.3 Å². The van der Waals surface area contributed by atoms with E-state index in [4.69, 9.17) is 0 Å². The molecule has 1 aromatic rings. The summed E-state index contributed by atoms with van der Waals surface area (Å²) in [4.78, 5) is 1.55. The lowest BCUT2D eigenvalue weighted by Gasteiger charge is -2.33. The fourth-order valence-electron chi connectivity index (χ4n) is 2.67. The minimum atomic E-state index is -3.31. The topological polar surface area (TPSA) is 49.4 Å². The van der Waals surface area contributed by atoms with Crippen LogP contribution in [0.2, 0.25) is 0 Å². The first-order valence-electron chi connectivity index (χ1n) is 7.39. The maximum Gasteiger partial charge on any atom is 0.244 e. The molecule has 1 saturated heterocycles. The zero-order chi connectivity index (χ0) is 14.6. The normalized spacial score (nSPS) is 21.2. The molecule has 2 rings (SSSR count). The number of nitrogens with one attached hydrogen (secondary N) is 1. The molecule has 1 atom stereocenters. The van der Waals surface area contributed by atoms with Crippen LogP contribution in [-0.4, -0.2) is 31.9 Å².